The van der Waals surface area contributed by atoms with Gasteiger partial charge in [0.2, 0.25) is 11.7 Å². The van der Waals surface area contributed by atoms with Crippen molar-refractivity contribution in [2.45, 2.75) is 39.8 Å². The minimum absolute atomic E-state index is 0.0187. The Balaban J connectivity index is 2.61. The lowest BCUT2D eigenvalue weighted by Gasteiger charge is -2.17. The van der Waals surface area contributed by atoms with Gasteiger partial charge in [0, 0.05) is 19.9 Å². The van der Waals surface area contributed by atoms with Crippen LogP contribution in [0.4, 0.5) is 5.82 Å². The van der Waals surface area contributed by atoms with Crippen molar-refractivity contribution < 1.29 is 19.6 Å². The second kappa shape index (κ2) is 6.82. The van der Waals surface area contributed by atoms with Crippen LogP contribution in [0.2, 0.25) is 0 Å². The lowest BCUT2D eigenvalue weighted by atomic mass is 10.0. The molecule has 116 valence electrons. The van der Waals surface area contributed by atoms with Crippen LogP contribution in [0.5, 0.6) is 0 Å². The van der Waals surface area contributed by atoms with Crippen molar-refractivity contribution in [2.24, 2.45) is 5.92 Å². The molecule has 1 heterocycles. The van der Waals surface area contributed by atoms with E-state index in [1.165, 1.54) is 10.8 Å². The topological polar surface area (TPSA) is 127 Å². The highest BCUT2D eigenvalue weighted by Crippen LogP contribution is 2.11. The summed E-state index contributed by atoms with van der Waals surface area (Å²) in [6.45, 7) is 5.19. The quantitative estimate of drug-likeness (QED) is 0.564. The van der Waals surface area contributed by atoms with Crippen molar-refractivity contribution in [2.75, 3.05) is 0 Å². The van der Waals surface area contributed by atoms with Crippen LogP contribution in [0.3, 0.4) is 0 Å². The molecule has 0 unspecified atom stereocenters. The van der Waals surface area contributed by atoms with E-state index >= 15 is 0 Å². The molecule has 0 bridgehead atoms. The van der Waals surface area contributed by atoms with Crippen molar-refractivity contribution >= 4 is 17.7 Å². The highest BCUT2D eigenvalue weighted by atomic mass is 16.6. The summed E-state index contributed by atoms with van der Waals surface area (Å²) in [5.41, 5.74) is 0. The summed E-state index contributed by atoms with van der Waals surface area (Å²) in [7, 11) is 0. The van der Waals surface area contributed by atoms with Gasteiger partial charge in [-0.1, -0.05) is 13.8 Å². The molecule has 0 saturated heterocycles. The molecule has 0 fully saturated rings. The van der Waals surface area contributed by atoms with Crippen LogP contribution in [-0.2, 0) is 16.1 Å². The zero-order valence-corrected chi connectivity index (χ0v) is 12.1. The fourth-order valence-corrected chi connectivity index (χ4v) is 1.79. The zero-order valence-electron chi connectivity index (χ0n) is 12.1. The zero-order chi connectivity index (χ0) is 16.2. The minimum atomic E-state index is -1.09. The van der Waals surface area contributed by atoms with Crippen LogP contribution in [0.1, 0.15) is 26.1 Å². The van der Waals surface area contributed by atoms with E-state index in [-0.39, 0.29) is 24.7 Å². The average molecular weight is 298 g/mol. The molecular weight excluding hydrogens is 280 g/mol. The summed E-state index contributed by atoms with van der Waals surface area (Å²) in [5, 5.41) is 22.0. The van der Waals surface area contributed by atoms with Crippen LogP contribution in [0.25, 0.3) is 0 Å². The molecule has 2 N–H and O–H groups in total. The Labute approximate surface area is 121 Å². The Kier molecular flexibility index (Phi) is 5.39. The third-order valence-corrected chi connectivity index (χ3v) is 2.98. The number of carbonyl (C=O) groups is 2. The number of carboxylic acid groups (broad SMARTS) is 1. The van der Waals surface area contributed by atoms with Crippen LogP contribution >= 0.6 is 0 Å². The van der Waals surface area contributed by atoms with Gasteiger partial charge in [-0.3, -0.25) is 4.79 Å². The second-order valence-corrected chi connectivity index (χ2v) is 4.97. The van der Waals surface area contributed by atoms with Gasteiger partial charge in [0.1, 0.15) is 12.2 Å². The number of hydrogen-bond acceptors (Lipinski definition) is 5. The second-order valence-electron chi connectivity index (χ2n) is 4.97. The molecule has 0 spiro atoms. The number of aryl methyl sites for hydroxylation is 2. The van der Waals surface area contributed by atoms with E-state index in [1.807, 2.05) is 0 Å². The molecule has 1 atom stereocenters. The molecule has 0 saturated carbocycles. The number of aliphatic carboxylic acids is 1. The van der Waals surface area contributed by atoms with Crippen LogP contribution in [-0.4, -0.2) is 37.5 Å². The molecule has 0 aliphatic rings. The SMILES string of the molecule is Cc1nc([N+](=O)[O-])cn1CCC(=O)N[C@H](C(=O)O)C(C)C. The number of nitrogens with one attached hydrogen (secondary N) is 1. The number of nitro groups is 1. The molecule has 0 aliphatic carbocycles. The van der Waals surface area contributed by atoms with Crippen LogP contribution in [0, 0.1) is 23.0 Å². The summed E-state index contributed by atoms with van der Waals surface area (Å²) in [5.74, 6) is -1.60. The van der Waals surface area contributed by atoms with Crippen molar-refractivity contribution in [3.63, 3.8) is 0 Å². The van der Waals surface area contributed by atoms with Gasteiger partial charge in [0.15, 0.2) is 0 Å². The number of carboxylic acids is 1. The lowest BCUT2D eigenvalue weighted by molar-refractivity contribution is -0.389. The van der Waals surface area contributed by atoms with E-state index in [4.69, 9.17) is 5.11 Å². The molecule has 1 aromatic rings. The van der Waals surface area contributed by atoms with Crippen LogP contribution in [0.15, 0.2) is 6.20 Å². The molecule has 0 radical (unpaired) electrons. The maximum Gasteiger partial charge on any atom is 0.381 e. The smallest absolute Gasteiger partial charge is 0.381 e. The number of imidazole rings is 1. The van der Waals surface area contributed by atoms with E-state index < -0.39 is 22.8 Å². The minimum Gasteiger partial charge on any atom is -0.480 e. The normalized spacial score (nSPS) is 12.2. The van der Waals surface area contributed by atoms with E-state index in [9.17, 15) is 19.7 Å². The highest BCUT2D eigenvalue weighted by Gasteiger charge is 2.23. The van der Waals surface area contributed by atoms with Gasteiger partial charge in [-0.2, -0.15) is 0 Å². The molecule has 1 aromatic heterocycles. The molecule has 0 aromatic carbocycles. The highest BCUT2D eigenvalue weighted by molar-refractivity contribution is 5.83. The number of aromatic nitrogens is 2. The Bertz CT molecular complexity index is 552. The molecule has 9 nitrogen and oxygen atoms in total. The van der Waals surface area contributed by atoms with Crippen molar-refractivity contribution in [3.05, 3.63) is 22.1 Å². The predicted octanol–water partition coefficient (Wildman–Crippen LogP) is 0.715. The summed E-state index contributed by atoms with van der Waals surface area (Å²) in [6.07, 6.45) is 1.27. The maximum absolute atomic E-state index is 11.7. The first-order valence-corrected chi connectivity index (χ1v) is 6.42. The molecule has 1 rings (SSSR count). The van der Waals surface area contributed by atoms with Gasteiger partial charge in [0.25, 0.3) is 0 Å². The number of nitrogens with zero attached hydrogens (tertiary/aromatic N) is 3. The fourth-order valence-electron chi connectivity index (χ4n) is 1.79. The number of rotatable bonds is 7. The predicted molar refractivity (Wildman–Crippen MR) is 72.6 cm³/mol. The third-order valence-electron chi connectivity index (χ3n) is 2.98. The summed E-state index contributed by atoms with van der Waals surface area (Å²) >= 11 is 0. The monoisotopic (exact) mass is 298 g/mol. The lowest BCUT2D eigenvalue weighted by Crippen LogP contribution is -2.44. The molecule has 0 aliphatic heterocycles. The summed E-state index contributed by atoms with van der Waals surface area (Å²) in [4.78, 5) is 36.4. The first-order valence-electron chi connectivity index (χ1n) is 6.42. The van der Waals surface area contributed by atoms with Gasteiger partial charge in [-0.15, -0.1) is 0 Å². The van der Waals surface area contributed by atoms with Gasteiger partial charge in [0.05, 0.1) is 0 Å². The van der Waals surface area contributed by atoms with Gasteiger partial charge in [-0.25, -0.2) is 4.79 Å². The van der Waals surface area contributed by atoms with Crippen LogP contribution < -0.4 is 5.32 Å². The van der Waals surface area contributed by atoms with E-state index in [1.54, 1.807) is 20.8 Å². The summed E-state index contributed by atoms with van der Waals surface area (Å²) in [6, 6.07) is -0.948. The van der Waals surface area contributed by atoms with E-state index in [0.717, 1.165) is 0 Å². The van der Waals surface area contributed by atoms with E-state index in [0.29, 0.717) is 5.82 Å². The Morgan fingerprint density at radius 2 is 2.14 bits per heavy atom. The summed E-state index contributed by atoms with van der Waals surface area (Å²) < 4.78 is 1.49. The molecular formula is C12H18N4O5. The van der Waals surface area contributed by atoms with Crippen molar-refractivity contribution in [1.82, 2.24) is 14.9 Å². The maximum atomic E-state index is 11.7. The number of amides is 1. The average Bonchev–Trinajstić information content (AvgIpc) is 2.74. The first-order chi connectivity index (χ1) is 9.72. The number of carbonyl (C=O) groups excluding carboxylic acids is 1. The Morgan fingerprint density at radius 1 is 1.52 bits per heavy atom. The Hall–Kier alpha value is -2.45. The molecule has 9 heteroatoms. The van der Waals surface area contributed by atoms with Crippen molar-refractivity contribution in [1.29, 1.82) is 0 Å². The van der Waals surface area contributed by atoms with Crippen molar-refractivity contribution in [3.8, 4) is 0 Å². The Morgan fingerprint density at radius 3 is 2.57 bits per heavy atom. The standard InChI is InChI=1S/C12H18N4O5/c1-7(2)11(12(18)19)14-10(17)4-5-15-6-9(16(20)21)13-8(15)3/h6-7,11H,4-5H2,1-3H3,(H,14,17)(H,18,19)/t11-/m0/s1. The third kappa shape index (κ3) is 4.55. The van der Waals surface area contributed by atoms with Gasteiger partial charge < -0.3 is 25.1 Å². The molecule has 21 heavy (non-hydrogen) atoms. The van der Waals surface area contributed by atoms with Gasteiger partial charge >= 0.3 is 11.8 Å². The van der Waals surface area contributed by atoms with Gasteiger partial charge in [-0.05, 0) is 15.8 Å². The first kappa shape index (κ1) is 16.6. The largest absolute Gasteiger partial charge is 0.480 e. The van der Waals surface area contributed by atoms with E-state index in [2.05, 4.69) is 10.3 Å². The number of hydrogen-bond donors (Lipinski definition) is 2. The molecule has 1 amide bonds. The fraction of sp³-hybridized carbons (Fsp3) is 0.583.